The first-order chi connectivity index (χ1) is 11.7. The van der Waals surface area contributed by atoms with Crippen molar-refractivity contribution >= 4 is 17.7 Å². The zero-order chi connectivity index (χ0) is 16.8. The molecule has 1 fully saturated rings. The number of thioether (sulfide) groups is 1. The predicted octanol–water partition coefficient (Wildman–Crippen LogP) is 3.97. The summed E-state index contributed by atoms with van der Waals surface area (Å²) in [5.74, 6) is 0.925. The van der Waals surface area contributed by atoms with E-state index in [1.165, 1.54) is 0 Å². The summed E-state index contributed by atoms with van der Waals surface area (Å²) in [5.41, 5.74) is 0. The van der Waals surface area contributed by atoms with E-state index < -0.39 is 0 Å². The quantitative estimate of drug-likeness (QED) is 0.712. The topological polar surface area (TPSA) is 42.7 Å². The van der Waals surface area contributed by atoms with Crippen LogP contribution in [0.5, 0.6) is 0 Å². The number of amides is 1. The Bertz CT molecular complexity index is 623. The van der Waals surface area contributed by atoms with Crippen LogP contribution >= 0.6 is 11.8 Å². The smallest absolute Gasteiger partial charge is 0.236 e. The third-order valence-electron chi connectivity index (χ3n) is 4.09. The van der Waals surface area contributed by atoms with Crippen molar-refractivity contribution in [2.45, 2.75) is 42.6 Å². The molecule has 1 aromatic heterocycles. The fourth-order valence-electron chi connectivity index (χ4n) is 2.87. The minimum absolute atomic E-state index is 0.121. The molecular weight excluding hydrogens is 322 g/mol. The lowest BCUT2D eigenvalue weighted by Gasteiger charge is -2.27. The van der Waals surface area contributed by atoms with Gasteiger partial charge in [-0.3, -0.25) is 4.79 Å². The van der Waals surface area contributed by atoms with Gasteiger partial charge in [0, 0.05) is 18.0 Å². The molecule has 1 saturated heterocycles. The van der Waals surface area contributed by atoms with Gasteiger partial charge in [-0.15, -0.1) is 11.8 Å². The molecule has 3 rings (SSSR count). The summed E-state index contributed by atoms with van der Waals surface area (Å²) in [6.45, 7) is 3.87. The predicted molar refractivity (Wildman–Crippen MR) is 94.9 cm³/mol. The number of ether oxygens (including phenoxy) is 1. The Balaban J connectivity index is 1.66. The van der Waals surface area contributed by atoms with Gasteiger partial charge in [-0.1, -0.05) is 18.2 Å². The van der Waals surface area contributed by atoms with Crippen LogP contribution in [0.4, 0.5) is 0 Å². The highest BCUT2D eigenvalue weighted by atomic mass is 32.2. The molecule has 2 unspecified atom stereocenters. The first-order valence-electron chi connectivity index (χ1n) is 8.37. The van der Waals surface area contributed by atoms with Crippen LogP contribution in [0.15, 0.2) is 58.0 Å². The number of hydrogen-bond acceptors (Lipinski definition) is 4. The van der Waals surface area contributed by atoms with Crippen LogP contribution in [-0.4, -0.2) is 35.3 Å². The van der Waals surface area contributed by atoms with E-state index in [1.807, 2.05) is 54.3 Å². The number of carbonyl (C=O) groups is 1. The summed E-state index contributed by atoms with van der Waals surface area (Å²) in [7, 11) is 0. The van der Waals surface area contributed by atoms with Crippen molar-refractivity contribution in [2.24, 2.45) is 0 Å². The maximum Gasteiger partial charge on any atom is 0.236 e. The second-order valence-corrected chi connectivity index (χ2v) is 7.42. The van der Waals surface area contributed by atoms with Crippen LogP contribution in [0.3, 0.4) is 0 Å². The molecule has 0 saturated carbocycles. The molecule has 0 spiro atoms. The van der Waals surface area contributed by atoms with E-state index in [0.717, 1.165) is 30.1 Å². The van der Waals surface area contributed by atoms with Crippen LogP contribution in [0.25, 0.3) is 0 Å². The average Bonchev–Trinajstić information content (AvgIpc) is 3.28. The van der Waals surface area contributed by atoms with E-state index in [4.69, 9.17) is 9.15 Å². The van der Waals surface area contributed by atoms with Gasteiger partial charge in [-0.25, -0.2) is 0 Å². The molecule has 1 amide bonds. The highest BCUT2D eigenvalue weighted by Gasteiger charge is 2.27. The molecule has 0 N–H and O–H groups in total. The zero-order valence-electron chi connectivity index (χ0n) is 13.9. The molecule has 1 aromatic carbocycles. The van der Waals surface area contributed by atoms with Crippen molar-refractivity contribution in [2.75, 3.05) is 13.2 Å². The summed E-state index contributed by atoms with van der Waals surface area (Å²) in [5, 5.41) is -0.149. The van der Waals surface area contributed by atoms with Gasteiger partial charge >= 0.3 is 0 Å². The first-order valence-corrected chi connectivity index (χ1v) is 9.25. The summed E-state index contributed by atoms with van der Waals surface area (Å²) in [6, 6.07) is 13.8. The number of nitrogens with zero attached hydrogens (tertiary/aromatic N) is 1. The van der Waals surface area contributed by atoms with Crippen molar-refractivity contribution in [3.8, 4) is 0 Å². The molecule has 128 valence electrons. The normalized spacial score (nSPS) is 18.5. The van der Waals surface area contributed by atoms with Gasteiger partial charge in [0.25, 0.3) is 0 Å². The second-order valence-electron chi connectivity index (χ2n) is 6.01. The Labute approximate surface area is 147 Å². The lowest BCUT2D eigenvalue weighted by atomic mass is 10.2. The van der Waals surface area contributed by atoms with Crippen molar-refractivity contribution < 1.29 is 13.9 Å². The number of benzene rings is 1. The molecular formula is C19H23NO3S. The zero-order valence-corrected chi connectivity index (χ0v) is 14.7. The monoisotopic (exact) mass is 345 g/mol. The van der Waals surface area contributed by atoms with Crippen LogP contribution in [0.1, 0.15) is 25.5 Å². The van der Waals surface area contributed by atoms with Gasteiger partial charge in [0.05, 0.1) is 24.2 Å². The van der Waals surface area contributed by atoms with E-state index in [1.54, 1.807) is 18.0 Å². The SMILES string of the molecule is CC(Sc1ccccc1)C(=O)N(Cc1ccco1)CC1CCCO1. The Morgan fingerprint density at radius 2 is 2.12 bits per heavy atom. The lowest BCUT2D eigenvalue weighted by molar-refractivity contribution is -0.132. The molecule has 4 nitrogen and oxygen atoms in total. The summed E-state index contributed by atoms with van der Waals surface area (Å²) < 4.78 is 11.2. The standard InChI is InChI=1S/C19H23NO3S/c1-15(24-18-9-3-2-4-10-18)19(21)20(13-16-7-5-11-22-16)14-17-8-6-12-23-17/h2-5,7,9-11,15,17H,6,8,12-14H2,1H3. The molecule has 2 aromatic rings. The summed E-state index contributed by atoms with van der Waals surface area (Å²) in [4.78, 5) is 15.9. The molecule has 1 aliphatic heterocycles. The van der Waals surface area contributed by atoms with E-state index in [2.05, 4.69) is 0 Å². The minimum atomic E-state index is -0.149. The highest BCUT2D eigenvalue weighted by molar-refractivity contribution is 8.00. The Hall–Kier alpha value is -1.72. The van der Waals surface area contributed by atoms with E-state index in [0.29, 0.717) is 13.1 Å². The highest BCUT2D eigenvalue weighted by Crippen LogP contribution is 2.25. The van der Waals surface area contributed by atoms with E-state index in [-0.39, 0.29) is 17.3 Å². The third-order valence-corrected chi connectivity index (χ3v) is 5.19. The number of furan rings is 1. The fourth-order valence-corrected chi connectivity index (χ4v) is 3.84. The Kier molecular flexibility index (Phi) is 5.99. The molecule has 0 bridgehead atoms. The lowest BCUT2D eigenvalue weighted by Crippen LogP contribution is -2.40. The van der Waals surface area contributed by atoms with Gasteiger partial charge in [-0.2, -0.15) is 0 Å². The molecule has 5 heteroatoms. The fraction of sp³-hybridized carbons (Fsp3) is 0.421. The van der Waals surface area contributed by atoms with Crippen LogP contribution in [0, 0.1) is 0 Å². The van der Waals surface area contributed by atoms with Crippen LogP contribution < -0.4 is 0 Å². The Morgan fingerprint density at radius 3 is 2.79 bits per heavy atom. The number of rotatable bonds is 7. The van der Waals surface area contributed by atoms with Gasteiger partial charge in [0.1, 0.15) is 5.76 Å². The average molecular weight is 345 g/mol. The second kappa shape index (κ2) is 8.40. The maximum atomic E-state index is 13.0. The van der Waals surface area contributed by atoms with Crippen molar-refractivity contribution in [3.63, 3.8) is 0 Å². The molecule has 1 aliphatic rings. The number of hydrogen-bond donors (Lipinski definition) is 0. The van der Waals surface area contributed by atoms with Crippen molar-refractivity contribution in [3.05, 3.63) is 54.5 Å². The van der Waals surface area contributed by atoms with Crippen molar-refractivity contribution in [1.29, 1.82) is 0 Å². The molecule has 2 heterocycles. The molecule has 24 heavy (non-hydrogen) atoms. The summed E-state index contributed by atoms with van der Waals surface area (Å²) >= 11 is 1.59. The van der Waals surface area contributed by atoms with Crippen molar-refractivity contribution in [1.82, 2.24) is 4.90 Å². The van der Waals surface area contributed by atoms with Crippen LogP contribution in [-0.2, 0) is 16.1 Å². The maximum absolute atomic E-state index is 13.0. The molecule has 2 atom stereocenters. The van der Waals surface area contributed by atoms with E-state index >= 15 is 0 Å². The largest absolute Gasteiger partial charge is 0.467 e. The van der Waals surface area contributed by atoms with Gasteiger partial charge in [-0.05, 0) is 44.0 Å². The molecule has 0 radical (unpaired) electrons. The van der Waals surface area contributed by atoms with Gasteiger partial charge in [0.15, 0.2) is 0 Å². The third kappa shape index (κ3) is 4.65. The first kappa shape index (κ1) is 17.1. The minimum Gasteiger partial charge on any atom is -0.467 e. The van der Waals surface area contributed by atoms with Gasteiger partial charge < -0.3 is 14.1 Å². The number of carbonyl (C=O) groups excluding carboxylic acids is 1. The van der Waals surface area contributed by atoms with Gasteiger partial charge in [0.2, 0.25) is 5.91 Å². The van der Waals surface area contributed by atoms with E-state index in [9.17, 15) is 4.79 Å². The van der Waals surface area contributed by atoms with Crippen LogP contribution in [0.2, 0.25) is 0 Å². The summed E-state index contributed by atoms with van der Waals surface area (Å²) in [6.07, 6.45) is 3.87. The molecule has 0 aliphatic carbocycles. The Morgan fingerprint density at radius 1 is 1.29 bits per heavy atom.